The Morgan fingerprint density at radius 1 is 1.07 bits per heavy atom. The number of anilines is 1. The third-order valence-corrected chi connectivity index (χ3v) is 6.06. The second-order valence-corrected chi connectivity index (χ2v) is 7.80. The zero-order chi connectivity index (χ0) is 18.2. The number of imidazole rings is 1. The monoisotopic (exact) mass is 381 g/mol. The van der Waals surface area contributed by atoms with Gasteiger partial charge in [0.1, 0.15) is 19.0 Å². The molecule has 2 aromatic heterocycles. The Morgan fingerprint density at radius 3 is 2.67 bits per heavy atom. The highest BCUT2D eigenvalue weighted by atomic mass is 32.1. The normalized spacial score (nSPS) is 14.5. The van der Waals surface area contributed by atoms with Gasteiger partial charge < -0.3 is 9.64 Å². The summed E-state index contributed by atoms with van der Waals surface area (Å²) in [5.74, 6) is 0.697. The molecule has 27 heavy (non-hydrogen) atoms. The van der Waals surface area contributed by atoms with Gasteiger partial charge in [0.15, 0.2) is 4.96 Å². The van der Waals surface area contributed by atoms with Gasteiger partial charge in [0.2, 0.25) is 0 Å². The van der Waals surface area contributed by atoms with Crippen LogP contribution in [0.2, 0.25) is 0 Å². The van der Waals surface area contributed by atoms with E-state index in [0.29, 0.717) is 5.75 Å². The minimum Gasteiger partial charge on any atom is -0.491 e. The van der Waals surface area contributed by atoms with Crippen LogP contribution < -0.4 is 9.64 Å². The van der Waals surface area contributed by atoms with E-state index in [0.717, 1.165) is 39.5 Å². The van der Waals surface area contributed by atoms with Crippen LogP contribution in [0.4, 0.5) is 10.1 Å². The Balaban J connectivity index is 1.45. The number of thiazole rings is 1. The van der Waals surface area contributed by atoms with Crippen LogP contribution in [0, 0.1) is 0 Å². The summed E-state index contributed by atoms with van der Waals surface area (Å²) in [5.41, 5.74) is 4.50. The largest absolute Gasteiger partial charge is 0.491 e. The summed E-state index contributed by atoms with van der Waals surface area (Å²) in [4.78, 5) is 8.19. The molecule has 0 unspecified atom stereocenters. The maximum absolute atomic E-state index is 12.3. The first-order valence-corrected chi connectivity index (χ1v) is 10.1. The molecule has 4 aromatic rings. The van der Waals surface area contributed by atoms with Gasteiger partial charge in [0.25, 0.3) is 0 Å². The van der Waals surface area contributed by atoms with Crippen molar-refractivity contribution in [3.63, 3.8) is 0 Å². The van der Waals surface area contributed by atoms with E-state index in [1.54, 1.807) is 11.3 Å². The van der Waals surface area contributed by atoms with E-state index in [2.05, 4.69) is 39.8 Å². The Kier molecular flexibility index (Phi) is 4.20. The van der Waals surface area contributed by atoms with E-state index in [1.165, 1.54) is 18.5 Å². The van der Waals surface area contributed by atoms with E-state index in [1.807, 2.05) is 18.2 Å². The van der Waals surface area contributed by atoms with Gasteiger partial charge in [-0.25, -0.2) is 9.37 Å². The lowest BCUT2D eigenvalue weighted by Crippen LogP contribution is -2.17. The summed E-state index contributed by atoms with van der Waals surface area (Å²) in [6.45, 7) is 1.92. The minimum absolute atomic E-state index is 0.0889. The summed E-state index contributed by atoms with van der Waals surface area (Å²) in [7, 11) is 0. The maximum Gasteiger partial charge on any atom is 0.195 e. The second kappa shape index (κ2) is 6.85. The molecule has 1 aliphatic rings. The van der Waals surface area contributed by atoms with Crippen molar-refractivity contribution in [1.82, 2.24) is 9.38 Å². The van der Waals surface area contributed by atoms with E-state index in [9.17, 15) is 4.39 Å². The lowest BCUT2D eigenvalue weighted by atomic mass is 10.1. The number of aromatic nitrogens is 2. The number of ether oxygens (including phenoxy) is 1. The number of rotatable bonds is 5. The summed E-state index contributed by atoms with van der Waals surface area (Å²) >= 11 is 1.62. The number of halogens is 1. The van der Waals surface area contributed by atoms with Crippen LogP contribution in [-0.4, -0.2) is 35.8 Å². The fourth-order valence-corrected chi connectivity index (χ4v) is 4.72. The molecule has 0 atom stereocenters. The lowest BCUT2D eigenvalue weighted by molar-refractivity contribution is 0.273. The van der Waals surface area contributed by atoms with E-state index in [4.69, 9.17) is 9.72 Å². The van der Waals surface area contributed by atoms with Gasteiger partial charge in [-0.2, -0.15) is 0 Å². The first-order valence-electron chi connectivity index (χ1n) is 9.28. The Morgan fingerprint density at radius 2 is 1.89 bits per heavy atom. The molecule has 138 valence electrons. The average molecular weight is 381 g/mol. The van der Waals surface area contributed by atoms with Crippen molar-refractivity contribution in [3.05, 3.63) is 48.7 Å². The highest BCUT2D eigenvalue weighted by Gasteiger charge is 2.14. The van der Waals surface area contributed by atoms with Gasteiger partial charge >= 0.3 is 0 Å². The van der Waals surface area contributed by atoms with Crippen molar-refractivity contribution in [2.75, 3.05) is 31.3 Å². The summed E-state index contributed by atoms with van der Waals surface area (Å²) in [6, 6.07) is 14.6. The fraction of sp³-hybridized carbons (Fsp3) is 0.286. The highest BCUT2D eigenvalue weighted by molar-refractivity contribution is 7.23. The number of alkyl halides is 1. The molecule has 4 nitrogen and oxygen atoms in total. The van der Waals surface area contributed by atoms with Crippen LogP contribution in [0.1, 0.15) is 12.8 Å². The molecule has 5 rings (SSSR count). The quantitative estimate of drug-likeness (QED) is 0.478. The van der Waals surface area contributed by atoms with Crippen LogP contribution in [0.25, 0.3) is 26.4 Å². The van der Waals surface area contributed by atoms with Crippen molar-refractivity contribution < 1.29 is 9.13 Å². The number of fused-ring (bicyclic) bond motifs is 3. The predicted octanol–water partition coefficient (Wildman–Crippen LogP) is 5.16. The number of nitrogens with zero attached hydrogens (tertiary/aromatic N) is 3. The third-order valence-electron chi connectivity index (χ3n) is 5.05. The molecule has 0 saturated carbocycles. The van der Waals surface area contributed by atoms with E-state index >= 15 is 0 Å². The topological polar surface area (TPSA) is 29.8 Å². The van der Waals surface area contributed by atoms with Crippen LogP contribution in [0.5, 0.6) is 5.75 Å². The van der Waals surface area contributed by atoms with Crippen molar-refractivity contribution in [1.29, 1.82) is 0 Å². The second-order valence-electron chi connectivity index (χ2n) is 6.79. The standard InChI is InChI=1S/C21H20FN3OS/c22-9-12-26-17-7-8-19-20(13-17)27-21-23-18(14-25(19)21)15-3-5-16(6-4-15)24-10-1-2-11-24/h3-8,13-14H,1-2,9-12H2. The first-order chi connectivity index (χ1) is 13.3. The van der Waals surface area contributed by atoms with E-state index < -0.39 is 6.67 Å². The molecule has 1 saturated heterocycles. The maximum atomic E-state index is 12.3. The molecule has 3 heterocycles. The summed E-state index contributed by atoms with van der Waals surface area (Å²) in [6.07, 6.45) is 4.65. The van der Waals surface area contributed by atoms with Gasteiger partial charge in [-0.05, 0) is 43.2 Å². The Hall–Kier alpha value is -2.60. The Bertz CT molecular complexity index is 1080. The molecule has 0 radical (unpaired) electrons. The van der Waals surface area contributed by atoms with Crippen LogP contribution >= 0.6 is 11.3 Å². The number of hydrogen-bond donors (Lipinski definition) is 0. The number of benzene rings is 2. The van der Waals surface area contributed by atoms with Gasteiger partial charge in [0, 0.05) is 30.5 Å². The first kappa shape index (κ1) is 16.6. The lowest BCUT2D eigenvalue weighted by Gasteiger charge is -2.17. The average Bonchev–Trinajstić information content (AvgIpc) is 3.42. The fourth-order valence-electron chi connectivity index (χ4n) is 3.69. The molecule has 1 fully saturated rings. The Labute approximate surface area is 160 Å². The molecule has 0 bridgehead atoms. The SMILES string of the molecule is FCCOc1ccc2c(c1)sc1nc(-c3ccc(N4CCCC4)cc3)cn12. The summed E-state index contributed by atoms with van der Waals surface area (Å²) in [5, 5.41) is 0. The van der Waals surface area contributed by atoms with Crippen LogP contribution in [0.3, 0.4) is 0 Å². The van der Waals surface area contributed by atoms with Crippen molar-refractivity contribution in [2.45, 2.75) is 12.8 Å². The van der Waals surface area contributed by atoms with E-state index in [-0.39, 0.29) is 6.61 Å². The molecule has 0 spiro atoms. The third kappa shape index (κ3) is 3.04. The minimum atomic E-state index is -0.480. The zero-order valence-corrected chi connectivity index (χ0v) is 15.7. The van der Waals surface area contributed by atoms with Gasteiger partial charge in [-0.3, -0.25) is 4.40 Å². The van der Waals surface area contributed by atoms with Crippen molar-refractivity contribution >= 4 is 32.2 Å². The van der Waals surface area contributed by atoms with Gasteiger partial charge in [-0.1, -0.05) is 23.5 Å². The number of hydrogen-bond acceptors (Lipinski definition) is 4. The molecule has 2 aromatic carbocycles. The van der Waals surface area contributed by atoms with Gasteiger partial charge in [-0.15, -0.1) is 0 Å². The van der Waals surface area contributed by atoms with Crippen LogP contribution in [-0.2, 0) is 0 Å². The van der Waals surface area contributed by atoms with Crippen molar-refractivity contribution in [2.24, 2.45) is 0 Å². The molecular formula is C21H20FN3OS. The predicted molar refractivity (Wildman–Crippen MR) is 109 cm³/mol. The highest BCUT2D eigenvalue weighted by Crippen LogP contribution is 2.32. The molecule has 0 aliphatic carbocycles. The zero-order valence-electron chi connectivity index (χ0n) is 14.9. The molecule has 1 aliphatic heterocycles. The molecule has 0 amide bonds. The molecule has 0 N–H and O–H groups in total. The van der Waals surface area contributed by atoms with Crippen molar-refractivity contribution in [3.8, 4) is 17.0 Å². The molecule has 6 heteroatoms. The summed E-state index contributed by atoms with van der Waals surface area (Å²) < 4.78 is 20.9. The molecular weight excluding hydrogens is 361 g/mol. The van der Waals surface area contributed by atoms with Crippen LogP contribution in [0.15, 0.2) is 48.7 Å². The van der Waals surface area contributed by atoms with Gasteiger partial charge in [0.05, 0.1) is 15.9 Å². The smallest absolute Gasteiger partial charge is 0.195 e.